The minimum absolute atomic E-state index is 0.0166. The third-order valence-corrected chi connectivity index (χ3v) is 4.14. The first-order chi connectivity index (χ1) is 10.6. The highest BCUT2D eigenvalue weighted by atomic mass is 32.1. The van der Waals surface area contributed by atoms with Gasteiger partial charge in [0, 0.05) is 32.2 Å². The highest BCUT2D eigenvalue weighted by Crippen LogP contribution is 2.23. The van der Waals surface area contributed by atoms with Crippen LogP contribution in [0.5, 0.6) is 0 Å². The van der Waals surface area contributed by atoms with E-state index >= 15 is 0 Å². The highest BCUT2D eigenvalue weighted by molar-refractivity contribution is 7.16. The van der Waals surface area contributed by atoms with Crippen LogP contribution in [0.25, 0.3) is 10.2 Å². The predicted octanol–water partition coefficient (Wildman–Crippen LogP) is 2.48. The van der Waals surface area contributed by atoms with Crippen LogP contribution >= 0.6 is 11.3 Å². The normalized spacial score (nSPS) is 12.0. The fourth-order valence-corrected chi connectivity index (χ4v) is 3.09. The van der Waals surface area contributed by atoms with E-state index in [0.29, 0.717) is 29.9 Å². The predicted molar refractivity (Wildman–Crippen MR) is 83.8 cm³/mol. The number of non-ortho nitro benzene ring substituents is 1. The number of benzene rings is 1. The van der Waals surface area contributed by atoms with E-state index in [1.165, 1.54) is 23.5 Å². The first kappa shape index (κ1) is 16.3. The maximum atomic E-state index is 11.8. The molecule has 0 unspecified atom stereocenters. The van der Waals surface area contributed by atoms with E-state index in [2.05, 4.69) is 4.99 Å². The Morgan fingerprint density at radius 3 is 2.91 bits per heavy atom. The van der Waals surface area contributed by atoms with Crippen molar-refractivity contribution in [1.29, 1.82) is 0 Å². The number of aromatic nitrogens is 1. The molecule has 0 radical (unpaired) electrons. The van der Waals surface area contributed by atoms with Crippen molar-refractivity contribution >= 4 is 33.1 Å². The van der Waals surface area contributed by atoms with Crippen molar-refractivity contribution in [2.24, 2.45) is 4.99 Å². The number of carbonyl (C=O) groups is 1. The van der Waals surface area contributed by atoms with E-state index in [1.807, 2.05) is 6.92 Å². The van der Waals surface area contributed by atoms with E-state index in [4.69, 9.17) is 4.74 Å². The molecule has 0 saturated carbocycles. The Labute approximate surface area is 131 Å². The molecule has 0 aliphatic carbocycles. The molecule has 0 aliphatic rings. The molecule has 0 fully saturated rings. The summed E-state index contributed by atoms with van der Waals surface area (Å²) in [6.45, 7) is 2.83. The summed E-state index contributed by atoms with van der Waals surface area (Å²) in [5, 5.41) is 10.9. The van der Waals surface area contributed by atoms with Crippen molar-refractivity contribution in [3.63, 3.8) is 0 Å². The average molecular weight is 323 g/mol. The van der Waals surface area contributed by atoms with Crippen LogP contribution in [0.15, 0.2) is 23.2 Å². The number of methoxy groups -OCH3 is 1. The molecule has 0 bridgehead atoms. The van der Waals surface area contributed by atoms with Crippen LogP contribution < -0.4 is 4.80 Å². The van der Waals surface area contributed by atoms with Gasteiger partial charge in [0.15, 0.2) is 4.80 Å². The lowest BCUT2D eigenvalue weighted by Crippen LogP contribution is -2.19. The molecule has 118 valence electrons. The summed E-state index contributed by atoms with van der Waals surface area (Å²) in [6.07, 6.45) is 1.12. The highest BCUT2D eigenvalue weighted by Gasteiger charge is 2.12. The van der Waals surface area contributed by atoms with Crippen molar-refractivity contribution in [2.75, 3.05) is 13.7 Å². The number of amides is 1. The largest absolute Gasteiger partial charge is 0.383 e. The van der Waals surface area contributed by atoms with Gasteiger partial charge in [-0.05, 0) is 12.5 Å². The minimum atomic E-state index is -0.434. The van der Waals surface area contributed by atoms with Crippen LogP contribution in [-0.4, -0.2) is 29.1 Å². The van der Waals surface area contributed by atoms with Crippen molar-refractivity contribution in [2.45, 2.75) is 26.3 Å². The summed E-state index contributed by atoms with van der Waals surface area (Å²) < 4.78 is 7.72. The molecule has 0 aliphatic heterocycles. The molecule has 2 rings (SSSR count). The summed E-state index contributed by atoms with van der Waals surface area (Å²) in [5.74, 6) is -0.185. The van der Waals surface area contributed by atoms with Crippen molar-refractivity contribution in [1.82, 2.24) is 4.57 Å². The summed E-state index contributed by atoms with van der Waals surface area (Å²) in [6, 6.07) is 4.65. The van der Waals surface area contributed by atoms with Crippen LogP contribution in [0.4, 0.5) is 5.69 Å². The summed E-state index contributed by atoms with van der Waals surface area (Å²) >= 11 is 1.35. The number of hydrogen-bond acceptors (Lipinski definition) is 5. The number of rotatable bonds is 6. The molecule has 22 heavy (non-hydrogen) atoms. The standard InChI is InChI=1S/C14H17N3O4S/c1-3-4-13(18)15-14-16(7-8-21-2)11-9-10(17(19)20)5-6-12(11)22-14/h5-6,9H,3-4,7-8H2,1-2H3. The maximum absolute atomic E-state index is 11.8. The van der Waals surface area contributed by atoms with E-state index in [9.17, 15) is 14.9 Å². The number of hydrogen-bond donors (Lipinski definition) is 0. The van der Waals surface area contributed by atoms with Crippen molar-refractivity contribution in [3.8, 4) is 0 Å². The first-order valence-corrected chi connectivity index (χ1v) is 7.72. The monoisotopic (exact) mass is 323 g/mol. The molecule has 0 N–H and O–H groups in total. The number of nitro benzene ring substituents is 1. The lowest BCUT2D eigenvalue weighted by atomic mass is 10.3. The summed E-state index contributed by atoms with van der Waals surface area (Å²) in [4.78, 5) is 27.0. The number of nitro groups is 1. The second kappa shape index (κ2) is 7.28. The second-order valence-electron chi connectivity index (χ2n) is 4.69. The Kier molecular flexibility index (Phi) is 5.40. The molecule has 1 aromatic heterocycles. The molecular weight excluding hydrogens is 306 g/mol. The second-order valence-corrected chi connectivity index (χ2v) is 5.70. The van der Waals surface area contributed by atoms with Crippen molar-refractivity contribution < 1.29 is 14.5 Å². The Morgan fingerprint density at radius 2 is 2.27 bits per heavy atom. The van der Waals surface area contributed by atoms with Crippen molar-refractivity contribution in [3.05, 3.63) is 33.1 Å². The van der Waals surface area contributed by atoms with Gasteiger partial charge >= 0.3 is 0 Å². The molecule has 0 atom stereocenters. The first-order valence-electron chi connectivity index (χ1n) is 6.91. The molecule has 1 heterocycles. The van der Waals surface area contributed by atoms with Gasteiger partial charge in [-0.3, -0.25) is 14.9 Å². The van der Waals surface area contributed by atoms with Crippen LogP contribution in [0.2, 0.25) is 0 Å². The summed E-state index contributed by atoms with van der Waals surface area (Å²) in [7, 11) is 1.58. The SMILES string of the molecule is CCCC(=O)N=c1sc2ccc([N+](=O)[O-])cc2n1CCOC. The van der Waals surface area contributed by atoms with Crippen LogP contribution in [0.1, 0.15) is 19.8 Å². The van der Waals surface area contributed by atoms with Gasteiger partial charge in [-0.25, -0.2) is 0 Å². The zero-order chi connectivity index (χ0) is 16.1. The van der Waals surface area contributed by atoms with Gasteiger partial charge in [0.1, 0.15) is 0 Å². The molecule has 7 nitrogen and oxygen atoms in total. The van der Waals surface area contributed by atoms with E-state index in [1.54, 1.807) is 17.7 Å². The van der Waals surface area contributed by atoms with Crippen LogP contribution in [-0.2, 0) is 16.1 Å². The number of thiazole rings is 1. The fraction of sp³-hybridized carbons (Fsp3) is 0.429. The third kappa shape index (κ3) is 3.58. The number of ether oxygens (including phenoxy) is 1. The van der Waals surface area contributed by atoms with Gasteiger partial charge in [0.25, 0.3) is 5.69 Å². The summed E-state index contributed by atoms with van der Waals surface area (Å²) in [5.41, 5.74) is 0.710. The zero-order valence-electron chi connectivity index (χ0n) is 12.4. The number of carbonyl (C=O) groups excluding carboxylic acids is 1. The Balaban J connectivity index is 2.59. The fourth-order valence-electron chi connectivity index (χ4n) is 2.03. The number of nitrogens with zero attached hydrogens (tertiary/aromatic N) is 3. The smallest absolute Gasteiger partial charge is 0.271 e. The minimum Gasteiger partial charge on any atom is -0.383 e. The van der Waals surface area contributed by atoms with Gasteiger partial charge in [-0.2, -0.15) is 4.99 Å². The lowest BCUT2D eigenvalue weighted by molar-refractivity contribution is -0.384. The van der Waals surface area contributed by atoms with E-state index < -0.39 is 4.92 Å². The van der Waals surface area contributed by atoms with Crippen LogP contribution in [0, 0.1) is 10.1 Å². The van der Waals surface area contributed by atoms with Gasteiger partial charge in [-0.15, -0.1) is 0 Å². The zero-order valence-corrected chi connectivity index (χ0v) is 13.3. The van der Waals surface area contributed by atoms with Crippen LogP contribution in [0.3, 0.4) is 0 Å². The van der Waals surface area contributed by atoms with Gasteiger partial charge in [0.05, 0.1) is 21.7 Å². The van der Waals surface area contributed by atoms with Gasteiger partial charge in [-0.1, -0.05) is 18.3 Å². The molecule has 0 saturated heterocycles. The number of fused-ring (bicyclic) bond motifs is 1. The molecular formula is C14H17N3O4S. The average Bonchev–Trinajstić information content (AvgIpc) is 2.81. The van der Waals surface area contributed by atoms with E-state index in [-0.39, 0.29) is 11.6 Å². The topological polar surface area (TPSA) is 86.7 Å². The molecule has 2 aromatic rings. The van der Waals surface area contributed by atoms with E-state index in [0.717, 1.165) is 11.1 Å². The third-order valence-electron chi connectivity index (χ3n) is 3.08. The molecule has 0 spiro atoms. The van der Waals surface area contributed by atoms with Gasteiger partial charge in [0.2, 0.25) is 5.91 Å². The Bertz CT molecular complexity index is 763. The maximum Gasteiger partial charge on any atom is 0.271 e. The molecule has 1 aromatic carbocycles. The quantitative estimate of drug-likeness (QED) is 0.603. The Hall–Kier alpha value is -2.06. The van der Waals surface area contributed by atoms with Gasteiger partial charge < -0.3 is 9.30 Å². The lowest BCUT2D eigenvalue weighted by Gasteiger charge is -2.04. The molecule has 8 heteroatoms. The molecule has 1 amide bonds. The Morgan fingerprint density at radius 1 is 1.50 bits per heavy atom.